The summed E-state index contributed by atoms with van der Waals surface area (Å²) in [7, 11) is 0. The number of benzene rings is 1. The maximum absolute atomic E-state index is 12.6. The Morgan fingerprint density at radius 2 is 2.03 bits per heavy atom. The fourth-order valence-corrected chi connectivity index (χ4v) is 4.50. The van der Waals surface area contributed by atoms with E-state index in [1.165, 1.54) is 11.3 Å². The molecule has 2 atom stereocenters. The Hall–Kier alpha value is -2.41. The lowest BCUT2D eigenvalue weighted by atomic mass is 9.91. The quantitative estimate of drug-likeness (QED) is 0.680. The minimum absolute atomic E-state index is 0.124. The van der Waals surface area contributed by atoms with E-state index in [4.69, 9.17) is 9.47 Å². The molecule has 0 bridgehead atoms. The first-order chi connectivity index (χ1) is 13.9. The van der Waals surface area contributed by atoms with Crippen LogP contribution in [0.15, 0.2) is 24.3 Å². The summed E-state index contributed by atoms with van der Waals surface area (Å²) in [6, 6.07) is 7.77. The molecule has 1 aromatic heterocycles. The molecule has 1 aliphatic rings. The number of carbonyl (C=O) groups is 2. The monoisotopic (exact) mass is 416 g/mol. The van der Waals surface area contributed by atoms with Crippen molar-refractivity contribution >= 4 is 28.3 Å². The van der Waals surface area contributed by atoms with Crippen LogP contribution in [0.4, 0.5) is 5.13 Å². The predicted molar refractivity (Wildman–Crippen MR) is 114 cm³/mol. The molecule has 0 saturated carbocycles. The Morgan fingerprint density at radius 1 is 1.28 bits per heavy atom. The van der Waals surface area contributed by atoms with Crippen LogP contribution < -0.4 is 10.1 Å². The lowest BCUT2D eigenvalue weighted by Crippen LogP contribution is -2.30. The topological polar surface area (TPSA) is 77.5 Å². The Morgan fingerprint density at radius 3 is 2.76 bits per heavy atom. The zero-order valence-electron chi connectivity index (χ0n) is 17.4. The Balaban J connectivity index is 1.63. The Kier molecular flexibility index (Phi) is 6.90. The molecule has 1 N–H and O–H groups in total. The lowest BCUT2D eigenvalue weighted by molar-refractivity contribution is -0.148. The van der Waals surface area contributed by atoms with Crippen LogP contribution in [0, 0.1) is 5.92 Å². The van der Waals surface area contributed by atoms with Crippen LogP contribution in [0.25, 0.3) is 0 Å². The van der Waals surface area contributed by atoms with E-state index in [-0.39, 0.29) is 17.8 Å². The predicted octanol–water partition coefficient (Wildman–Crippen LogP) is 4.34. The first-order valence-corrected chi connectivity index (χ1v) is 10.9. The molecule has 156 valence electrons. The number of hydrogen-bond acceptors (Lipinski definition) is 6. The molecule has 0 fully saturated rings. The van der Waals surface area contributed by atoms with Crippen molar-refractivity contribution in [2.45, 2.75) is 59.0 Å². The standard InChI is InChI=1S/C22H28N2O4S/c1-5-27-21(26)15-10-11-17-19(12-15)29-22(23-17)24-20(25)14(4)28-18-9-7-6-8-16(18)13(2)3/h6-9,13-15H,5,10-12H2,1-4H3,(H,23,24,25). The van der Waals surface area contributed by atoms with Gasteiger partial charge >= 0.3 is 5.97 Å². The van der Waals surface area contributed by atoms with Gasteiger partial charge in [0.1, 0.15) is 5.75 Å². The van der Waals surface area contributed by atoms with Gasteiger partial charge in [-0.05, 0) is 50.7 Å². The lowest BCUT2D eigenvalue weighted by Gasteiger charge is -2.18. The van der Waals surface area contributed by atoms with Gasteiger partial charge in [0, 0.05) is 4.88 Å². The second kappa shape index (κ2) is 9.39. The maximum Gasteiger partial charge on any atom is 0.309 e. The van der Waals surface area contributed by atoms with Crippen molar-refractivity contribution in [3.63, 3.8) is 0 Å². The van der Waals surface area contributed by atoms with Crippen LogP contribution >= 0.6 is 11.3 Å². The van der Waals surface area contributed by atoms with Gasteiger partial charge < -0.3 is 9.47 Å². The number of esters is 1. The van der Waals surface area contributed by atoms with E-state index >= 15 is 0 Å². The smallest absolute Gasteiger partial charge is 0.309 e. The second-order valence-electron chi connectivity index (χ2n) is 7.52. The summed E-state index contributed by atoms with van der Waals surface area (Å²) in [5.41, 5.74) is 2.03. The number of amides is 1. The molecular weight excluding hydrogens is 388 g/mol. The molecule has 2 unspecified atom stereocenters. The number of fused-ring (bicyclic) bond motifs is 1. The van der Waals surface area contributed by atoms with Gasteiger partial charge in [0.05, 0.1) is 18.2 Å². The molecule has 3 rings (SSSR count). The van der Waals surface area contributed by atoms with E-state index in [0.717, 1.165) is 34.7 Å². The minimum atomic E-state index is -0.650. The van der Waals surface area contributed by atoms with Gasteiger partial charge in [0.25, 0.3) is 5.91 Å². The summed E-state index contributed by atoms with van der Waals surface area (Å²) in [6.07, 6.45) is 1.42. The molecule has 0 spiro atoms. The van der Waals surface area contributed by atoms with Crippen LogP contribution in [0.3, 0.4) is 0 Å². The van der Waals surface area contributed by atoms with Gasteiger partial charge in [-0.1, -0.05) is 32.0 Å². The Bertz CT molecular complexity index is 877. The average Bonchev–Trinajstić information content (AvgIpc) is 3.09. The number of para-hydroxylation sites is 1. The number of ether oxygens (including phenoxy) is 2. The number of hydrogen-bond donors (Lipinski definition) is 1. The van der Waals surface area contributed by atoms with Crippen LogP contribution in [-0.2, 0) is 27.2 Å². The highest BCUT2D eigenvalue weighted by atomic mass is 32.1. The van der Waals surface area contributed by atoms with E-state index in [1.807, 2.05) is 31.2 Å². The molecule has 2 aromatic rings. The summed E-state index contributed by atoms with van der Waals surface area (Å²) < 4.78 is 11.1. The first-order valence-electron chi connectivity index (χ1n) is 10.1. The number of anilines is 1. The summed E-state index contributed by atoms with van der Waals surface area (Å²) in [4.78, 5) is 30.2. The third-order valence-corrected chi connectivity index (χ3v) is 6.04. The third-order valence-electron chi connectivity index (χ3n) is 5.00. The molecule has 1 aromatic carbocycles. The van der Waals surface area contributed by atoms with Crippen LogP contribution in [0.2, 0.25) is 0 Å². The Labute approximate surface area is 175 Å². The summed E-state index contributed by atoms with van der Waals surface area (Å²) >= 11 is 1.43. The largest absolute Gasteiger partial charge is 0.481 e. The molecule has 29 heavy (non-hydrogen) atoms. The highest BCUT2D eigenvalue weighted by Crippen LogP contribution is 2.33. The molecule has 1 heterocycles. The number of aromatic nitrogens is 1. The number of carbonyl (C=O) groups excluding carboxylic acids is 2. The SMILES string of the molecule is CCOC(=O)C1CCc2nc(NC(=O)C(C)Oc3ccccc3C(C)C)sc2C1. The van der Waals surface area contributed by atoms with E-state index in [0.29, 0.717) is 24.1 Å². The van der Waals surface area contributed by atoms with E-state index < -0.39 is 6.10 Å². The number of aryl methyl sites for hydroxylation is 1. The highest BCUT2D eigenvalue weighted by molar-refractivity contribution is 7.15. The van der Waals surface area contributed by atoms with E-state index in [1.54, 1.807) is 6.92 Å². The molecule has 7 heteroatoms. The fourth-order valence-electron chi connectivity index (χ4n) is 3.41. The van der Waals surface area contributed by atoms with Gasteiger partial charge in [-0.2, -0.15) is 0 Å². The van der Waals surface area contributed by atoms with Crippen molar-refractivity contribution in [3.05, 3.63) is 40.4 Å². The second-order valence-corrected chi connectivity index (χ2v) is 8.61. The van der Waals surface area contributed by atoms with Crippen molar-refractivity contribution in [1.82, 2.24) is 4.98 Å². The number of thiazole rings is 1. The average molecular weight is 417 g/mol. The van der Waals surface area contributed by atoms with Gasteiger partial charge in [-0.25, -0.2) is 4.98 Å². The summed E-state index contributed by atoms with van der Waals surface area (Å²) in [5.74, 6) is 0.515. The molecule has 0 radical (unpaired) electrons. The zero-order chi connectivity index (χ0) is 21.0. The van der Waals surface area contributed by atoms with Gasteiger partial charge in [-0.3, -0.25) is 14.9 Å². The zero-order valence-corrected chi connectivity index (χ0v) is 18.2. The summed E-state index contributed by atoms with van der Waals surface area (Å²) in [5, 5.41) is 3.42. The number of rotatable bonds is 7. The first kappa shape index (κ1) is 21.3. The van der Waals surface area contributed by atoms with E-state index in [2.05, 4.69) is 24.1 Å². The van der Waals surface area contributed by atoms with Crippen molar-refractivity contribution < 1.29 is 19.1 Å². The molecular formula is C22H28N2O4S. The molecule has 0 saturated heterocycles. The summed E-state index contributed by atoms with van der Waals surface area (Å²) in [6.45, 7) is 8.13. The molecule has 1 aliphatic carbocycles. The van der Waals surface area contributed by atoms with Crippen LogP contribution in [0.1, 0.15) is 56.2 Å². The van der Waals surface area contributed by atoms with Crippen LogP contribution in [-0.4, -0.2) is 29.6 Å². The van der Waals surface area contributed by atoms with Gasteiger partial charge in [-0.15, -0.1) is 11.3 Å². The normalized spacial score (nSPS) is 16.8. The van der Waals surface area contributed by atoms with Crippen molar-refractivity contribution in [3.8, 4) is 5.75 Å². The van der Waals surface area contributed by atoms with Crippen LogP contribution in [0.5, 0.6) is 5.75 Å². The number of nitrogens with one attached hydrogen (secondary N) is 1. The maximum atomic E-state index is 12.6. The van der Waals surface area contributed by atoms with Gasteiger partial charge in [0.15, 0.2) is 11.2 Å². The minimum Gasteiger partial charge on any atom is -0.481 e. The molecule has 0 aliphatic heterocycles. The fraction of sp³-hybridized carbons (Fsp3) is 0.500. The third kappa shape index (κ3) is 5.15. The van der Waals surface area contributed by atoms with Gasteiger partial charge in [0.2, 0.25) is 0 Å². The van der Waals surface area contributed by atoms with E-state index in [9.17, 15) is 9.59 Å². The van der Waals surface area contributed by atoms with Crippen molar-refractivity contribution in [2.75, 3.05) is 11.9 Å². The van der Waals surface area contributed by atoms with Crippen molar-refractivity contribution in [1.29, 1.82) is 0 Å². The molecule has 6 nitrogen and oxygen atoms in total. The number of nitrogens with zero attached hydrogens (tertiary/aromatic N) is 1. The highest BCUT2D eigenvalue weighted by Gasteiger charge is 2.29. The van der Waals surface area contributed by atoms with Crippen molar-refractivity contribution in [2.24, 2.45) is 5.92 Å². The molecule has 1 amide bonds.